The van der Waals surface area contributed by atoms with Crippen molar-refractivity contribution in [2.24, 2.45) is 0 Å². The molecule has 70 heavy (non-hydrogen) atoms. The van der Waals surface area contributed by atoms with Gasteiger partial charge in [-0.05, 0) is 122 Å². The SMILES string of the molecule is c1ccc(-c2ccc(N3c4ccc(-c5ccccc5)cc4B4c5cc(-c6ccccc6)ccc5N(c5ccc(-c6ccccc6)cc5)c5c4c3cc3c4ccccc4n(-c4ccccc4)c53)cc2)cc1. The highest BCUT2D eigenvalue weighted by atomic mass is 15.2. The largest absolute Gasteiger partial charge is 0.311 e. The van der Waals surface area contributed by atoms with Gasteiger partial charge in [0.1, 0.15) is 0 Å². The topological polar surface area (TPSA) is 11.4 Å². The number of aromatic nitrogens is 1. The van der Waals surface area contributed by atoms with Crippen LogP contribution in [0.2, 0.25) is 0 Å². The highest BCUT2D eigenvalue weighted by Crippen LogP contribution is 2.50. The summed E-state index contributed by atoms with van der Waals surface area (Å²) < 4.78 is 2.51. The van der Waals surface area contributed by atoms with Gasteiger partial charge in [-0.3, -0.25) is 0 Å². The molecular weight excluding hydrogens is 846 g/mol. The Hall–Kier alpha value is -9.12. The van der Waals surface area contributed by atoms with E-state index in [2.05, 4.69) is 281 Å². The molecule has 4 heteroatoms. The molecule has 3 heterocycles. The van der Waals surface area contributed by atoms with Crippen molar-refractivity contribution in [3.8, 4) is 50.2 Å². The first-order chi connectivity index (χ1) is 34.7. The lowest BCUT2D eigenvalue weighted by Gasteiger charge is -2.45. The number of nitrogens with zero attached hydrogens (tertiary/aromatic N) is 3. The molecule has 2 aliphatic rings. The summed E-state index contributed by atoms with van der Waals surface area (Å²) in [6.45, 7) is -0.117. The van der Waals surface area contributed by atoms with Crippen LogP contribution in [0.1, 0.15) is 0 Å². The monoisotopic (exact) mass is 889 g/mol. The molecule has 0 fully saturated rings. The molecule has 2 aliphatic heterocycles. The first-order valence-corrected chi connectivity index (χ1v) is 24.2. The van der Waals surface area contributed by atoms with Gasteiger partial charge < -0.3 is 14.4 Å². The molecule has 0 unspecified atom stereocenters. The van der Waals surface area contributed by atoms with Gasteiger partial charge in [-0.25, -0.2) is 0 Å². The van der Waals surface area contributed by atoms with Gasteiger partial charge in [0.25, 0.3) is 6.71 Å². The Bertz CT molecular complexity index is 3860. The lowest BCUT2D eigenvalue weighted by atomic mass is 9.33. The second-order valence-corrected chi connectivity index (χ2v) is 18.5. The number of anilines is 6. The fraction of sp³-hybridized carbons (Fsp3) is 0. The fourth-order valence-electron chi connectivity index (χ4n) is 11.4. The first-order valence-electron chi connectivity index (χ1n) is 24.2. The van der Waals surface area contributed by atoms with Gasteiger partial charge in [-0.15, -0.1) is 0 Å². The Morgan fingerprint density at radius 2 is 0.671 bits per heavy atom. The van der Waals surface area contributed by atoms with Crippen molar-refractivity contribution in [2.75, 3.05) is 9.80 Å². The fourth-order valence-corrected chi connectivity index (χ4v) is 11.4. The second kappa shape index (κ2) is 16.3. The van der Waals surface area contributed by atoms with Crippen molar-refractivity contribution < 1.29 is 0 Å². The third-order valence-corrected chi connectivity index (χ3v) is 14.6. The van der Waals surface area contributed by atoms with E-state index in [0.717, 1.165) is 17.1 Å². The quantitative estimate of drug-likeness (QED) is 0.148. The van der Waals surface area contributed by atoms with Crippen LogP contribution in [0.15, 0.2) is 267 Å². The number of para-hydroxylation sites is 2. The predicted octanol–water partition coefficient (Wildman–Crippen LogP) is 15.5. The number of rotatable bonds is 7. The third kappa shape index (κ3) is 6.38. The summed E-state index contributed by atoms with van der Waals surface area (Å²) >= 11 is 0. The highest BCUT2D eigenvalue weighted by molar-refractivity contribution is 7.00. The van der Waals surface area contributed by atoms with Crippen molar-refractivity contribution >= 4 is 79.0 Å². The molecular formula is C66H44BN3. The average molecular weight is 890 g/mol. The molecule has 12 aromatic rings. The lowest BCUT2D eigenvalue weighted by molar-refractivity contribution is 1.17. The normalized spacial score (nSPS) is 12.5. The van der Waals surface area contributed by atoms with Crippen LogP contribution < -0.4 is 26.2 Å². The van der Waals surface area contributed by atoms with Gasteiger partial charge in [0.2, 0.25) is 0 Å². The number of benzene rings is 11. The molecule has 14 rings (SSSR count). The highest BCUT2D eigenvalue weighted by Gasteiger charge is 2.45. The van der Waals surface area contributed by atoms with Crippen LogP contribution in [0, 0.1) is 0 Å². The van der Waals surface area contributed by atoms with E-state index in [1.807, 2.05) is 0 Å². The van der Waals surface area contributed by atoms with E-state index in [-0.39, 0.29) is 6.71 Å². The maximum atomic E-state index is 2.58. The zero-order valence-corrected chi connectivity index (χ0v) is 38.3. The molecule has 0 saturated carbocycles. The van der Waals surface area contributed by atoms with Crippen molar-refractivity contribution in [2.45, 2.75) is 0 Å². The molecule has 0 saturated heterocycles. The summed E-state index contributed by atoms with van der Waals surface area (Å²) in [4.78, 5) is 5.13. The molecule has 3 nitrogen and oxygen atoms in total. The van der Waals surface area contributed by atoms with Crippen LogP contribution in [-0.4, -0.2) is 11.3 Å². The van der Waals surface area contributed by atoms with Crippen LogP contribution in [-0.2, 0) is 0 Å². The Kier molecular flexibility index (Phi) is 9.31. The van der Waals surface area contributed by atoms with E-state index in [4.69, 9.17) is 0 Å². The number of fused-ring (bicyclic) bond motifs is 8. The van der Waals surface area contributed by atoms with E-state index in [1.165, 1.54) is 105 Å². The smallest absolute Gasteiger partial charge is 0.252 e. The van der Waals surface area contributed by atoms with E-state index >= 15 is 0 Å². The molecule has 0 N–H and O–H groups in total. The summed E-state index contributed by atoms with van der Waals surface area (Å²) in [6, 6.07) is 98.2. The summed E-state index contributed by atoms with van der Waals surface area (Å²) in [5, 5.41) is 2.42. The summed E-state index contributed by atoms with van der Waals surface area (Å²) in [5.74, 6) is 0. The molecule has 0 atom stereocenters. The number of hydrogen-bond donors (Lipinski definition) is 0. The third-order valence-electron chi connectivity index (χ3n) is 14.6. The first kappa shape index (κ1) is 40.0. The lowest BCUT2D eigenvalue weighted by Crippen LogP contribution is -2.61. The Morgan fingerprint density at radius 1 is 0.271 bits per heavy atom. The zero-order valence-electron chi connectivity index (χ0n) is 38.3. The molecule has 326 valence electrons. The molecule has 0 amide bonds. The van der Waals surface area contributed by atoms with Crippen LogP contribution in [0.4, 0.5) is 34.1 Å². The molecule has 0 aliphatic carbocycles. The van der Waals surface area contributed by atoms with Gasteiger partial charge in [-0.2, -0.15) is 0 Å². The van der Waals surface area contributed by atoms with Gasteiger partial charge in [0.15, 0.2) is 0 Å². The van der Waals surface area contributed by atoms with E-state index < -0.39 is 0 Å². The van der Waals surface area contributed by atoms with Gasteiger partial charge in [-0.1, -0.05) is 206 Å². The van der Waals surface area contributed by atoms with Crippen LogP contribution in [0.3, 0.4) is 0 Å². The molecule has 11 aromatic carbocycles. The van der Waals surface area contributed by atoms with Crippen molar-refractivity contribution in [3.63, 3.8) is 0 Å². The average Bonchev–Trinajstić information content (AvgIpc) is 3.78. The van der Waals surface area contributed by atoms with Gasteiger partial charge in [0, 0.05) is 44.9 Å². The molecule has 0 bridgehead atoms. The van der Waals surface area contributed by atoms with E-state index in [0.29, 0.717) is 0 Å². The maximum absolute atomic E-state index is 2.58. The predicted molar refractivity (Wildman–Crippen MR) is 297 cm³/mol. The minimum atomic E-state index is -0.117. The van der Waals surface area contributed by atoms with E-state index in [9.17, 15) is 0 Å². The van der Waals surface area contributed by atoms with Crippen molar-refractivity contribution in [1.82, 2.24) is 4.57 Å². The van der Waals surface area contributed by atoms with Gasteiger partial charge in [0.05, 0.1) is 16.7 Å². The second-order valence-electron chi connectivity index (χ2n) is 18.5. The molecule has 0 radical (unpaired) electrons. The zero-order chi connectivity index (χ0) is 46.1. The van der Waals surface area contributed by atoms with Crippen LogP contribution in [0.25, 0.3) is 72.0 Å². The molecule has 0 spiro atoms. The maximum Gasteiger partial charge on any atom is 0.252 e. The Morgan fingerprint density at radius 3 is 1.19 bits per heavy atom. The van der Waals surface area contributed by atoms with E-state index in [1.54, 1.807) is 0 Å². The standard InChI is InChI=1S/C66H44BN3/c1-6-18-45(19-7-1)49-30-36-54(37-31-49)68-61-40-34-51(47-22-10-3-11-23-47)42-58(61)67-59-43-52(48-24-12-4-13-25-48)35-41-62(59)70(55-38-32-50(33-39-55)46-20-8-2-9-21-46)66-64(67)63(68)44-57-56-28-16-17-29-60(56)69(65(57)66)53-26-14-5-15-27-53/h1-44H. The summed E-state index contributed by atoms with van der Waals surface area (Å²) in [5.41, 5.74) is 23.8. The van der Waals surface area contributed by atoms with Gasteiger partial charge >= 0.3 is 0 Å². The summed E-state index contributed by atoms with van der Waals surface area (Å²) in [7, 11) is 0. The van der Waals surface area contributed by atoms with Crippen molar-refractivity contribution in [3.05, 3.63) is 267 Å². The Balaban J connectivity index is 1.13. The minimum absolute atomic E-state index is 0.117. The summed E-state index contributed by atoms with van der Waals surface area (Å²) in [6.07, 6.45) is 0. The van der Waals surface area contributed by atoms with Crippen molar-refractivity contribution in [1.29, 1.82) is 0 Å². The number of hydrogen-bond acceptors (Lipinski definition) is 2. The Labute approximate surface area is 408 Å². The minimum Gasteiger partial charge on any atom is -0.311 e. The van der Waals surface area contributed by atoms with Crippen LogP contribution in [0.5, 0.6) is 0 Å². The molecule has 1 aromatic heterocycles. The van der Waals surface area contributed by atoms with Crippen LogP contribution >= 0.6 is 0 Å².